The predicted octanol–water partition coefficient (Wildman–Crippen LogP) is 21.3. The molecule has 4 aromatic heterocycles. The van der Waals surface area contributed by atoms with E-state index in [4.69, 9.17) is 9.72 Å². The summed E-state index contributed by atoms with van der Waals surface area (Å²) >= 11 is 0. The van der Waals surface area contributed by atoms with Gasteiger partial charge in [-0.3, -0.25) is 13.7 Å². The van der Waals surface area contributed by atoms with Gasteiger partial charge in [0.15, 0.2) is 0 Å². The van der Waals surface area contributed by atoms with Gasteiger partial charge in [-0.2, -0.15) is 0 Å². The van der Waals surface area contributed by atoms with Crippen molar-refractivity contribution >= 4 is 54.6 Å². The first-order chi connectivity index (χ1) is 45.5. The fourth-order valence-corrected chi connectivity index (χ4v) is 12.9. The van der Waals surface area contributed by atoms with Gasteiger partial charge in [0.2, 0.25) is 0 Å². The van der Waals surface area contributed by atoms with E-state index < -0.39 is 41.7 Å². The Bertz CT molecular complexity index is 5580. The molecule has 14 aromatic rings. The molecule has 0 saturated carbocycles. The second-order valence-corrected chi connectivity index (χ2v) is 27.8. The van der Waals surface area contributed by atoms with Crippen LogP contribution >= 0.6 is 0 Å². The van der Waals surface area contributed by atoms with E-state index in [0.29, 0.717) is 50.7 Å². The molecule has 15 rings (SSSR count). The Kier molecular flexibility index (Phi) is 10.5. The van der Waals surface area contributed by atoms with E-state index in [1.807, 2.05) is 82.1 Å². The van der Waals surface area contributed by atoms with E-state index in [1.165, 1.54) is 0 Å². The lowest BCUT2D eigenvalue weighted by Gasteiger charge is -2.27. The zero-order valence-corrected chi connectivity index (χ0v) is 51.9. The number of pyridine rings is 1. The molecule has 432 valence electrons. The molecule has 6 nitrogen and oxygen atoms in total. The number of fused-ring (bicyclic) bond motifs is 13. The zero-order valence-electron chi connectivity index (χ0n) is 59.9. The summed E-state index contributed by atoms with van der Waals surface area (Å²) in [5.41, 5.74) is 12.2. The number of aromatic nitrogens is 5. The molecule has 0 N–H and O–H groups in total. The van der Waals surface area contributed by atoms with Crippen molar-refractivity contribution in [3.05, 3.63) is 253 Å². The maximum absolute atomic E-state index is 10.3. The normalized spacial score (nSPS) is 14.0. The van der Waals surface area contributed by atoms with Crippen LogP contribution in [0.3, 0.4) is 0 Å². The maximum Gasteiger partial charge on any atom is 0.269 e. The number of hydrogen-bond acceptors (Lipinski definition) is 2. The van der Waals surface area contributed by atoms with Gasteiger partial charge >= 0.3 is 0 Å². The van der Waals surface area contributed by atoms with E-state index >= 15 is 0 Å². The average molecular weight is 1150 g/mol. The number of nitrogens with zero attached hydrogens (tertiary/aromatic N) is 5. The highest BCUT2D eigenvalue weighted by atomic mass is 16.5. The molecule has 10 aromatic carbocycles. The Morgan fingerprint density at radius 3 is 1.51 bits per heavy atom. The fraction of sp³-hybridized carbons (Fsp3) is 0.195. The number of para-hydroxylation sites is 3. The van der Waals surface area contributed by atoms with Gasteiger partial charge in [0.1, 0.15) is 17.3 Å². The minimum Gasteiger partial charge on any atom is -0.458 e. The van der Waals surface area contributed by atoms with E-state index in [1.54, 1.807) is 0 Å². The minimum atomic E-state index is -0.556. The molecule has 0 saturated heterocycles. The minimum absolute atomic E-state index is 0.0384. The monoisotopic (exact) mass is 1150 g/mol. The van der Waals surface area contributed by atoms with Gasteiger partial charge in [0, 0.05) is 33.8 Å². The van der Waals surface area contributed by atoms with Crippen LogP contribution in [0.2, 0.25) is 0 Å². The van der Waals surface area contributed by atoms with Crippen molar-refractivity contribution in [3.8, 4) is 78.9 Å². The Balaban J connectivity index is 1.09. The molecule has 0 aliphatic carbocycles. The molecule has 1 aliphatic rings. The second-order valence-electron chi connectivity index (χ2n) is 27.8. The van der Waals surface area contributed by atoms with Gasteiger partial charge in [0.25, 0.3) is 6.33 Å². The third-order valence-electron chi connectivity index (χ3n) is 17.7. The summed E-state index contributed by atoms with van der Waals surface area (Å²) in [5.74, 6) is 1.93. The Hall–Kier alpha value is -9.78. The zero-order chi connectivity index (χ0) is 67.7. The van der Waals surface area contributed by atoms with Crippen molar-refractivity contribution in [2.24, 2.45) is 0 Å². The van der Waals surface area contributed by atoms with Crippen LogP contribution in [-0.2, 0) is 21.7 Å². The fourth-order valence-electron chi connectivity index (χ4n) is 12.9. The van der Waals surface area contributed by atoms with Crippen LogP contribution in [-0.4, -0.2) is 18.7 Å². The van der Waals surface area contributed by atoms with Crippen molar-refractivity contribution in [2.45, 2.75) is 105 Å². The van der Waals surface area contributed by atoms with Gasteiger partial charge in [-0.25, -0.2) is 4.98 Å². The van der Waals surface area contributed by atoms with Crippen molar-refractivity contribution in [2.75, 3.05) is 0 Å². The van der Waals surface area contributed by atoms with Crippen LogP contribution in [0.25, 0.3) is 122 Å². The lowest BCUT2D eigenvalue weighted by atomic mass is 9.78. The van der Waals surface area contributed by atoms with E-state index in [9.17, 15) is 11.0 Å². The summed E-state index contributed by atoms with van der Waals surface area (Å²) in [6.45, 7) is 26.2. The van der Waals surface area contributed by atoms with Gasteiger partial charge in [0.05, 0.1) is 61.1 Å². The average Bonchev–Trinajstić information content (AvgIpc) is 1.39. The number of benzene rings is 10. The summed E-state index contributed by atoms with van der Waals surface area (Å²) in [4.78, 5) is 4.94. The first-order valence-electron chi connectivity index (χ1n) is 34.4. The molecular formula is C82H73N5O. The van der Waals surface area contributed by atoms with E-state index in [0.717, 1.165) is 82.8 Å². The lowest BCUT2D eigenvalue weighted by Crippen LogP contribution is -2.33. The summed E-state index contributed by atoms with van der Waals surface area (Å²) in [6, 6.07) is 54.5. The summed E-state index contributed by atoms with van der Waals surface area (Å²) < 4.78 is 94.3. The number of imidazole rings is 1. The standard InChI is InChI=1S/C82H73N5O/c1-79(2,3)53-38-39-83-76(47-53)87-72-35-22-19-32-66(72)67-37-36-59(49-73(67)87)88-58-25-23-24-57(48-58)84-50-85-77-68(42-52(43-74(77)84)51-40-54(80(4,5)6)44-55(41-51)81(7,8)9)62-28-15-13-26-60(62)61-27-14-16-29-63(61)69-45-56(82(10,11)12)46-75(78(69)85)86-70-33-20-17-30-64(70)65-31-18-21-34-71(65)86/h13-49H,1-12H3/i13D,14D,15D,16D,26D,27D,28D,29D. The van der Waals surface area contributed by atoms with Crippen molar-refractivity contribution in [1.82, 2.24) is 18.7 Å². The Morgan fingerprint density at radius 2 is 0.920 bits per heavy atom. The van der Waals surface area contributed by atoms with Gasteiger partial charge in [-0.1, -0.05) is 222 Å². The topological polar surface area (TPSA) is 40.8 Å². The van der Waals surface area contributed by atoms with Crippen molar-refractivity contribution in [3.63, 3.8) is 0 Å². The Morgan fingerprint density at radius 1 is 0.409 bits per heavy atom. The largest absolute Gasteiger partial charge is 0.458 e. The highest BCUT2D eigenvalue weighted by Crippen LogP contribution is 2.49. The van der Waals surface area contributed by atoms with Crippen LogP contribution in [0.4, 0.5) is 0 Å². The van der Waals surface area contributed by atoms with Crippen LogP contribution in [0.5, 0.6) is 11.5 Å². The third-order valence-corrected chi connectivity index (χ3v) is 17.7. The van der Waals surface area contributed by atoms with Gasteiger partial charge in [-0.05, 0) is 161 Å². The summed E-state index contributed by atoms with van der Waals surface area (Å²) in [5, 5.41) is 4.14. The molecule has 88 heavy (non-hydrogen) atoms. The first kappa shape index (κ1) is 46.4. The number of hydrogen-bond donors (Lipinski definition) is 0. The molecular weight excluding hydrogens is 1070 g/mol. The van der Waals surface area contributed by atoms with Crippen LogP contribution in [0, 0.1) is 6.33 Å². The lowest BCUT2D eigenvalue weighted by molar-refractivity contribution is -0.571. The SMILES string of the molecule is [2H]c1c([2H])c([2H])c2c(c1[2H])-c1cc(C(C)(C)C)cc(-n3c4ccccc4c4ccccc43)c1-[n+]1[c-]n(-c3cccc(Oc4ccc5c6ccccc6n(-c6cc(C(C)(C)C)ccn6)c5c4)c3)c3cc(-c4cc(C(C)(C)C)cc(C(C)(C)C)c4)cc(c31)-c1c([2H])c([2H])c([2H])c([2H])c1-2. The smallest absolute Gasteiger partial charge is 0.269 e. The summed E-state index contributed by atoms with van der Waals surface area (Å²) in [6.07, 6.45) is 5.81. The maximum atomic E-state index is 10.3. The van der Waals surface area contributed by atoms with Crippen molar-refractivity contribution < 1.29 is 20.3 Å². The number of ether oxygens (including phenoxy) is 1. The quantitative estimate of drug-likeness (QED) is 0.123. The van der Waals surface area contributed by atoms with Crippen LogP contribution < -0.4 is 9.30 Å². The second kappa shape index (κ2) is 19.9. The molecule has 1 aliphatic heterocycles. The molecule has 0 spiro atoms. The first-order valence-corrected chi connectivity index (χ1v) is 30.4. The molecule has 0 bridgehead atoms. The highest BCUT2D eigenvalue weighted by molar-refractivity contribution is 6.11. The molecule has 0 amide bonds. The molecule has 5 heterocycles. The highest BCUT2D eigenvalue weighted by Gasteiger charge is 2.32. The van der Waals surface area contributed by atoms with Crippen molar-refractivity contribution in [1.29, 1.82) is 0 Å². The summed E-state index contributed by atoms with van der Waals surface area (Å²) in [7, 11) is 0. The molecule has 6 heteroatoms. The molecule has 0 radical (unpaired) electrons. The molecule has 0 unspecified atom stereocenters. The van der Waals surface area contributed by atoms with E-state index in [2.05, 4.69) is 202 Å². The van der Waals surface area contributed by atoms with Crippen LogP contribution in [0.1, 0.15) is 116 Å². The van der Waals surface area contributed by atoms with E-state index in [-0.39, 0.29) is 50.6 Å². The van der Waals surface area contributed by atoms with Gasteiger partial charge in [-0.15, -0.1) is 0 Å². The third kappa shape index (κ3) is 9.06. The number of rotatable bonds is 6. The van der Waals surface area contributed by atoms with Gasteiger partial charge < -0.3 is 9.30 Å². The molecule has 0 atom stereocenters. The molecule has 0 fully saturated rings. The Labute approximate surface area is 527 Å². The predicted molar refractivity (Wildman–Crippen MR) is 367 cm³/mol. The van der Waals surface area contributed by atoms with Crippen LogP contribution in [0.15, 0.2) is 224 Å².